The Kier molecular flexibility index (Phi) is 7.39. The number of hydrogen-bond donors (Lipinski definition) is 12. The Morgan fingerprint density at radius 2 is 1.58 bits per heavy atom. The maximum Gasteiger partial charge on any atom is 0.354 e. The van der Waals surface area contributed by atoms with Crippen molar-refractivity contribution in [3.63, 3.8) is 0 Å². The van der Waals surface area contributed by atoms with Crippen LogP contribution in [0.5, 0.6) is 5.75 Å². The van der Waals surface area contributed by atoms with Crippen molar-refractivity contribution in [2.24, 2.45) is 0 Å². The Bertz CT molecular complexity index is 1590. The third kappa shape index (κ3) is 4.53. The Balaban J connectivity index is 1.56. The van der Waals surface area contributed by atoms with Crippen molar-refractivity contribution in [3.8, 4) is 5.75 Å². The van der Waals surface area contributed by atoms with Crippen LogP contribution in [0, 0.1) is 5.82 Å². The molecule has 0 bridgehead atoms. The van der Waals surface area contributed by atoms with E-state index in [1.54, 1.807) is 5.32 Å². The lowest BCUT2D eigenvalue weighted by atomic mass is 9.85. The molecule has 12 N–H and O–H groups in total. The molecule has 0 saturated carbocycles. The van der Waals surface area contributed by atoms with Gasteiger partial charge in [-0.2, -0.15) is 0 Å². The second-order valence-corrected chi connectivity index (χ2v) is 10.5. The molecule has 2 fully saturated rings. The normalized spacial score (nSPS) is 24.8. The van der Waals surface area contributed by atoms with Gasteiger partial charge in [0.05, 0.1) is 35.6 Å². The number of benzene rings is 2. The third-order valence-electron chi connectivity index (χ3n) is 7.81. The number of carbonyl (C=O) groups excluding carboxylic acids is 2. The van der Waals surface area contributed by atoms with Gasteiger partial charge in [0.1, 0.15) is 11.6 Å². The smallest absolute Gasteiger partial charge is 0.354 e. The van der Waals surface area contributed by atoms with Crippen LogP contribution in [0.25, 0.3) is 0 Å². The predicted octanol–water partition coefficient (Wildman–Crippen LogP) is -5.33. The summed E-state index contributed by atoms with van der Waals surface area (Å²) in [6.45, 7) is 3.31. The molecular formula is C26H28FN3O15. The summed E-state index contributed by atoms with van der Waals surface area (Å²) in [6, 6.07) is 4.77. The van der Waals surface area contributed by atoms with Crippen LogP contribution in [0.3, 0.4) is 0 Å². The second-order valence-electron chi connectivity index (χ2n) is 10.5. The molecule has 18 nitrogen and oxygen atoms in total. The quantitative estimate of drug-likeness (QED) is 0.131. The first-order valence-corrected chi connectivity index (χ1v) is 12.9. The summed E-state index contributed by atoms with van der Waals surface area (Å²) in [5, 5.41) is 120. The van der Waals surface area contributed by atoms with Crippen LogP contribution in [0.1, 0.15) is 27.0 Å². The molecule has 3 heterocycles. The van der Waals surface area contributed by atoms with Crippen LogP contribution in [-0.4, -0.2) is 121 Å². The minimum Gasteiger partial charge on any atom is -0.435 e. The van der Waals surface area contributed by atoms with Crippen LogP contribution in [-0.2, 0) is 27.3 Å². The fourth-order valence-corrected chi connectivity index (χ4v) is 5.32. The third-order valence-corrected chi connectivity index (χ3v) is 7.81. The van der Waals surface area contributed by atoms with E-state index in [1.165, 1.54) is 0 Å². The monoisotopic (exact) mass is 641 g/mol. The molecule has 0 spiro atoms. The molecular weight excluding hydrogens is 613 g/mol. The minimum atomic E-state index is -4.49. The first-order chi connectivity index (χ1) is 20.6. The average Bonchev–Trinajstić information content (AvgIpc) is 3.17. The number of halogens is 1. The van der Waals surface area contributed by atoms with E-state index in [0.29, 0.717) is 12.1 Å². The molecule has 1 atom stereocenters. The zero-order chi connectivity index (χ0) is 33.5. The molecule has 2 aromatic rings. The van der Waals surface area contributed by atoms with E-state index in [9.17, 15) is 70.2 Å². The maximum absolute atomic E-state index is 14.9. The number of morpholine rings is 1. The Morgan fingerprint density at radius 3 is 2.20 bits per heavy atom. The van der Waals surface area contributed by atoms with Gasteiger partial charge in [0.25, 0.3) is 40.9 Å². The summed E-state index contributed by atoms with van der Waals surface area (Å²) in [7, 11) is 0. The number of nitrogens with zero attached hydrogens (tertiary/aromatic N) is 2. The summed E-state index contributed by atoms with van der Waals surface area (Å²) >= 11 is 0. The molecule has 3 aliphatic rings. The number of aliphatic hydroxyl groups is 11. The highest BCUT2D eigenvalue weighted by molar-refractivity contribution is 6.04. The Hall–Kier alpha value is -3.67. The number of hydrogen-bond acceptors (Lipinski definition) is 16. The van der Waals surface area contributed by atoms with Gasteiger partial charge < -0.3 is 71.0 Å². The van der Waals surface area contributed by atoms with Gasteiger partial charge in [-0.1, -0.05) is 12.6 Å². The molecule has 45 heavy (non-hydrogen) atoms. The summed E-state index contributed by atoms with van der Waals surface area (Å²) in [5.74, 6) is -25.2. The van der Waals surface area contributed by atoms with Gasteiger partial charge in [-0.25, -0.2) is 14.2 Å². The van der Waals surface area contributed by atoms with Gasteiger partial charge in [0.15, 0.2) is 0 Å². The van der Waals surface area contributed by atoms with Gasteiger partial charge in [0, 0.05) is 18.7 Å². The molecule has 2 aromatic carbocycles. The standard InChI is InChI=1S/C26H28FN3O15/c1-12-22(34,35)26(42,43)21(33,20(32)28-12)30-19(31)14-3-2-4-17(18(14)24(30,38)39)45-25(40,41)15-11-13(5-6-16(15)27)23(36,37)29-7-9-44-10-8-29/h2-6,11,33-43H,1,7-10H2,(H,28,32). The van der Waals surface area contributed by atoms with E-state index in [-0.39, 0.29) is 26.3 Å². The minimum absolute atomic E-state index is 0.0322. The van der Waals surface area contributed by atoms with Crippen LogP contribution < -0.4 is 10.1 Å². The zero-order valence-corrected chi connectivity index (χ0v) is 22.8. The fourth-order valence-electron chi connectivity index (χ4n) is 5.32. The van der Waals surface area contributed by atoms with E-state index in [4.69, 9.17) is 9.47 Å². The van der Waals surface area contributed by atoms with Gasteiger partial charge >= 0.3 is 5.97 Å². The van der Waals surface area contributed by atoms with Crippen LogP contribution >= 0.6 is 0 Å². The summed E-state index contributed by atoms with van der Waals surface area (Å²) in [6.07, 6.45) is 0. The first-order valence-electron chi connectivity index (χ1n) is 12.9. The number of amides is 2. The van der Waals surface area contributed by atoms with Crippen LogP contribution in [0.4, 0.5) is 4.39 Å². The molecule has 244 valence electrons. The Morgan fingerprint density at radius 1 is 0.956 bits per heavy atom. The van der Waals surface area contributed by atoms with E-state index < -0.39 is 91.3 Å². The molecule has 5 rings (SSSR count). The average molecular weight is 642 g/mol. The molecule has 1 unspecified atom stereocenters. The molecule has 19 heteroatoms. The van der Waals surface area contributed by atoms with Gasteiger partial charge in [-0.05, 0) is 30.3 Å². The molecule has 0 aromatic heterocycles. The number of nitrogens with one attached hydrogen (secondary N) is 1. The SMILES string of the molecule is C=C1NC(=O)C(O)(N2C(=O)c3cccc(OC(O)(O)c4cc(C(O)(O)N5CCOCC5)ccc4F)c3C2(O)O)C(O)(O)C1(O)O. The molecule has 2 amide bonds. The van der Waals surface area contributed by atoms with Crippen LogP contribution in [0.2, 0.25) is 0 Å². The lowest BCUT2D eigenvalue weighted by Crippen LogP contribution is -2.84. The summed E-state index contributed by atoms with van der Waals surface area (Å²) in [4.78, 5) is 26.6. The second kappa shape index (κ2) is 10.2. The highest BCUT2D eigenvalue weighted by Gasteiger charge is 2.78. The highest BCUT2D eigenvalue weighted by atomic mass is 19.1. The van der Waals surface area contributed by atoms with E-state index in [0.717, 1.165) is 29.2 Å². The van der Waals surface area contributed by atoms with Crippen LogP contribution in [0.15, 0.2) is 48.7 Å². The topological polar surface area (TPSA) is 294 Å². The molecule has 0 radical (unpaired) electrons. The largest absolute Gasteiger partial charge is 0.435 e. The van der Waals surface area contributed by atoms with Gasteiger partial charge in [0.2, 0.25) is 0 Å². The first kappa shape index (κ1) is 32.7. The number of ether oxygens (including phenoxy) is 2. The number of fused-ring (bicyclic) bond motifs is 1. The van der Waals surface area contributed by atoms with E-state index >= 15 is 0 Å². The van der Waals surface area contributed by atoms with Crippen molar-refractivity contribution in [1.82, 2.24) is 15.1 Å². The van der Waals surface area contributed by atoms with E-state index in [2.05, 4.69) is 6.58 Å². The fraction of sp³-hybridized carbons (Fsp3) is 0.385. The molecule has 2 saturated heterocycles. The van der Waals surface area contributed by atoms with Gasteiger partial charge in [-0.3, -0.25) is 9.59 Å². The zero-order valence-electron chi connectivity index (χ0n) is 22.8. The van der Waals surface area contributed by atoms with Crippen molar-refractivity contribution in [3.05, 3.63) is 76.7 Å². The number of rotatable bonds is 6. The van der Waals surface area contributed by atoms with E-state index in [1.807, 2.05) is 0 Å². The highest BCUT2D eigenvalue weighted by Crippen LogP contribution is 2.50. The number of piperidine rings is 1. The lowest BCUT2D eigenvalue weighted by Gasteiger charge is -2.53. The van der Waals surface area contributed by atoms with Crippen molar-refractivity contribution < 1.29 is 79.6 Å². The van der Waals surface area contributed by atoms with Crippen molar-refractivity contribution >= 4 is 11.8 Å². The summed E-state index contributed by atoms with van der Waals surface area (Å²) < 4.78 is 25.2. The summed E-state index contributed by atoms with van der Waals surface area (Å²) in [5.41, 5.74) is -9.12. The number of carbonyl (C=O) groups is 2. The van der Waals surface area contributed by atoms with Crippen molar-refractivity contribution in [2.75, 3.05) is 26.3 Å². The lowest BCUT2D eigenvalue weighted by molar-refractivity contribution is -0.437. The predicted molar refractivity (Wildman–Crippen MR) is 137 cm³/mol. The van der Waals surface area contributed by atoms with Crippen molar-refractivity contribution in [2.45, 2.75) is 35.1 Å². The Labute approximate surface area is 250 Å². The van der Waals surface area contributed by atoms with Crippen molar-refractivity contribution in [1.29, 1.82) is 0 Å². The maximum atomic E-state index is 14.9. The molecule has 0 aliphatic carbocycles. The molecule has 3 aliphatic heterocycles. The van der Waals surface area contributed by atoms with Gasteiger partial charge in [-0.15, -0.1) is 0 Å².